The van der Waals surface area contributed by atoms with E-state index >= 15 is 0 Å². The number of halogens is 4. The van der Waals surface area contributed by atoms with Gasteiger partial charge in [0.1, 0.15) is 5.82 Å². The van der Waals surface area contributed by atoms with E-state index in [9.17, 15) is 9.18 Å². The Hall–Kier alpha value is -0.310. The largest absolute Gasteiger partial charge is 0.298 e. The van der Waals surface area contributed by atoms with E-state index in [1.807, 2.05) is 0 Å². The SMILES string of the molecule is O=Cc1cc(F)c(Cl)c(Cl)c1Cl. The summed E-state index contributed by atoms with van der Waals surface area (Å²) in [4.78, 5) is 10.3. The topological polar surface area (TPSA) is 17.1 Å². The minimum atomic E-state index is -0.756. The monoisotopic (exact) mass is 226 g/mol. The van der Waals surface area contributed by atoms with Gasteiger partial charge in [-0.15, -0.1) is 0 Å². The van der Waals surface area contributed by atoms with Crippen molar-refractivity contribution in [1.82, 2.24) is 0 Å². The minimum absolute atomic E-state index is 0.0106. The summed E-state index contributed by atoms with van der Waals surface area (Å²) in [7, 11) is 0. The first-order valence-corrected chi connectivity index (χ1v) is 3.99. The van der Waals surface area contributed by atoms with E-state index in [1.165, 1.54) is 0 Å². The molecule has 1 rings (SSSR count). The first-order valence-electron chi connectivity index (χ1n) is 2.86. The lowest BCUT2D eigenvalue weighted by Crippen LogP contribution is -1.88. The normalized spacial score (nSPS) is 10.0. The van der Waals surface area contributed by atoms with Crippen molar-refractivity contribution in [2.75, 3.05) is 0 Å². The summed E-state index contributed by atoms with van der Waals surface area (Å²) in [5.41, 5.74) is -0.0106. The molecule has 0 fully saturated rings. The molecule has 0 amide bonds. The molecule has 0 radical (unpaired) electrons. The van der Waals surface area contributed by atoms with Gasteiger partial charge < -0.3 is 0 Å². The molecule has 0 heterocycles. The number of hydrogen-bond donors (Lipinski definition) is 0. The Morgan fingerprint density at radius 1 is 1.17 bits per heavy atom. The molecule has 5 heteroatoms. The van der Waals surface area contributed by atoms with Crippen LogP contribution in [0, 0.1) is 5.82 Å². The zero-order valence-electron chi connectivity index (χ0n) is 5.57. The van der Waals surface area contributed by atoms with Crippen LogP contribution in [0.2, 0.25) is 15.1 Å². The molecule has 0 spiro atoms. The summed E-state index contributed by atoms with van der Waals surface area (Å²) >= 11 is 16.5. The van der Waals surface area contributed by atoms with Gasteiger partial charge >= 0.3 is 0 Å². The number of benzene rings is 1. The summed E-state index contributed by atoms with van der Waals surface area (Å²) in [6, 6.07) is 0.934. The number of carbonyl (C=O) groups is 1. The molecule has 0 saturated heterocycles. The second kappa shape index (κ2) is 3.60. The predicted molar refractivity (Wildman–Crippen MR) is 46.8 cm³/mol. The highest BCUT2D eigenvalue weighted by Crippen LogP contribution is 2.33. The van der Waals surface area contributed by atoms with Gasteiger partial charge in [0.15, 0.2) is 6.29 Å². The smallest absolute Gasteiger partial charge is 0.151 e. The number of hydrogen-bond acceptors (Lipinski definition) is 1. The third-order valence-electron chi connectivity index (χ3n) is 1.26. The molecule has 0 atom stereocenters. The van der Waals surface area contributed by atoms with Gasteiger partial charge in [0.2, 0.25) is 0 Å². The average molecular weight is 227 g/mol. The maximum Gasteiger partial charge on any atom is 0.151 e. The van der Waals surface area contributed by atoms with Gasteiger partial charge in [-0.05, 0) is 6.07 Å². The van der Waals surface area contributed by atoms with Crippen LogP contribution in [0.1, 0.15) is 10.4 Å². The Morgan fingerprint density at radius 3 is 2.25 bits per heavy atom. The Bertz CT molecular complexity index is 338. The number of carbonyl (C=O) groups excluding carboxylic acids is 1. The van der Waals surface area contributed by atoms with Crippen LogP contribution in [0.15, 0.2) is 6.07 Å². The Balaban J connectivity index is 3.49. The first-order chi connectivity index (χ1) is 5.57. The van der Waals surface area contributed by atoms with Crippen LogP contribution >= 0.6 is 34.8 Å². The van der Waals surface area contributed by atoms with E-state index in [0.29, 0.717) is 6.29 Å². The van der Waals surface area contributed by atoms with Gasteiger partial charge in [-0.3, -0.25) is 4.79 Å². The molecular weight excluding hydrogens is 225 g/mol. The predicted octanol–water partition coefficient (Wildman–Crippen LogP) is 3.60. The van der Waals surface area contributed by atoms with Crippen molar-refractivity contribution >= 4 is 41.1 Å². The summed E-state index contributed by atoms with van der Waals surface area (Å²) in [6.45, 7) is 0. The standard InChI is InChI=1S/C7H2Cl3FO/c8-5-3(2-12)1-4(11)6(9)7(5)10/h1-2H. The van der Waals surface area contributed by atoms with Gasteiger partial charge in [-0.2, -0.15) is 0 Å². The van der Waals surface area contributed by atoms with E-state index in [2.05, 4.69) is 0 Å². The second-order valence-corrected chi connectivity index (χ2v) is 3.14. The Morgan fingerprint density at radius 2 is 1.75 bits per heavy atom. The molecule has 12 heavy (non-hydrogen) atoms. The minimum Gasteiger partial charge on any atom is -0.298 e. The molecule has 0 unspecified atom stereocenters. The van der Waals surface area contributed by atoms with Gasteiger partial charge in [-0.25, -0.2) is 4.39 Å². The molecule has 64 valence electrons. The van der Waals surface area contributed by atoms with Crippen LogP contribution in [0.3, 0.4) is 0 Å². The molecular formula is C7H2Cl3FO. The molecule has 0 aromatic heterocycles. The van der Waals surface area contributed by atoms with Gasteiger partial charge in [-0.1, -0.05) is 34.8 Å². The van der Waals surface area contributed by atoms with Crippen molar-refractivity contribution in [3.63, 3.8) is 0 Å². The van der Waals surface area contributed by atoms with Crippen molar-refractivity contribution in [2.24, 2.45) is 0 Å². The summed E-state index contributed by atoms with van der Waals surface area (Å²) in [5.74, 6) is -0.756. The van der Waals surface area contributed by atoms with Crippen molar-refractivity contribution in [1.29, 1.82) is 0 Å². The maximum atomic E-state index is 12.8. The van der Waals surface area contributed by atoms with Crippen molar-refractivity contribution in [2.45, 2.75) is 0 Å². The average Bonchev–Trinajstić information content (AvgIpc) is 2.08. The molecule has 0 saturated carbocycles. The van der Waals surface area contributed by atoms with Gasteiger partial charge in [0, 0.05) is 5.56 Å². The molecule has 0 aliphatic heterocycles. The molecule has 1 aromatic rings. The van der Waals surface area contributed by atoms with Crippen molar-refractivity contribution in [3.05, 3.63) is 32.5 Å². The molecule has 0 aliphatic rings. The number of rotatable bonds is 1. The van der Waals surface area contributed by atoms with Crippen LogP contribution in [0.25, 0.3) is 0 Å². The van der Waals surface area contributed by atoms with E-state index in [4.69, 9.17) is 34.8 Å². The lowest BCUT2D eigenvalue weighted by molar-refractivity contribution is 0.112. The maximum absolute atomic E-state index is 12.8. The first kappa shape index (κ1) is 9.78. The highest BCUT2D eigenvalue weighted by atomic mass is 35.5. The van der Waals surface area contributed by atoms with E-state index in [1.54, 1.807) is 0 Å². The van der Waals surface area contributed by atoms with E-state index in [-0.39, 0.29) is 20.6 Å². The highest BCUT2D eigenvalue weighted by Gasteiger charge is 2.13. The fraction of sp³-hybridized carbons (Fsp3) is 0. The van der Waals surface area contributed by atoms with Crippen LogP contribution in [-0.4, -0.2) is 6.29 Å². The third-order valence-corrected chi connectivity index (χ3v) is 2.61. The lowest BCUT2D eigenvalue weighted by Gasteiger charge is -2.02. The van der Waals surface area contributed by atoms with Crippen LogP contribution < -0.4 is 0 Å². The highest BCUT2D eigenvalue weighted by molar-refractivity contribution is 6.48. The Kier molecular flexibility index (Phi) is 2.94. The van der Waals surface area contributed by atoms with Crippen molar-refractivity contribution in [3.8, 4) is 0 Å². The fourth-order valence-electron chi connectivity index (χ4n) is 0.677. The lowest BCUT2D eigenvalue weighted by atomic mass is 10.2. The molecule has 1 aromatic carbocycles. The fourth-order valence-corrected chi connectivity index (χ4v) is 1.27. The molecule has 1 nitrogen and oxygen atoms in total. The van der Waals surface area contributed by atoms with Crippen LogP contribution in [0.5, 0.6) is 0 Å². The van der Waals surface area contributed by atoms with Gasteiger partial charge in [0.25, 0.3) is 0 Å². The zero-order chi connectivity index (χ0) is 9.30. The van der Waals surface area contributed by atoms with E-state index in [0.717, 1.165) is 6.07 Å². The van der Waals surface area contributed by atoms with Crippen molar-refractivity contribution < 1.29 is 9.18 Å². The molecule has 0 aliphatic carbocycles. The summed E-state index contributed by atoms with van der Waals surface area (Å²) in [5, 5.41) is -0.439. The summed E-state index contributed by atoms with van der Waals surface area (Å²) < 4.78 is 12.8. The quantitative estimate of drug-likeness (QED) is 0.407. The van der Waals surface area contributed by atoms with Gasteiger partial charge in [0.05, 0.1) is 15.1 Å². The Labute approximate surface area is 83.0 Å². The van der Waals surface area contributed by atoms with Crippen LogP contribution in [-0.2, 0) is 0 Å². The summed E-state index contributed by atoms with van der Waals surface area (Å²) in [6.07, 6.45) is 0.410. The number of aldehydes is 1. The van der Waals surface area contributed by atoms with Crippen LogP contribution in [0.4, 0.5) is 4.39 Å². The molecule has 0 N–H and O–H groups in total. The molecule has 0 bridgehead atoms. The third kappa shape index (κ3) is 1.56. The zero-order valence-corrected chi connectivity index (χ0v) is 7.84. The second-order valence-electron chi connectivity index (χ2n) is 2.01. The van der Waals surface area contributed by atoms with E-state index < -0.39 is 5.82 Å².